The Balaban J connectivity index is 1.93. The molecule has 0 saturated carbocycles. The van der Waals surface area contributed by atoms with Crippen molar-refractivity contribution >= 4 is 34.2 Å². The van der Waals surface area contributed by atoms with Crippen LogP contribution in [0.25, 0.3) is 0 Å². The number of halogens is 2. The minimum absolute atomic E-state index is 0.530. The van der Waals surface area contributed by atoms with Crippen LogP contribution in [0, 0.1) is 3.57 Å². The van der Waals surface area contributed by atoms with Gasteiger partial charge in [-0.3, -0.25) is 0 Å². The molecule has 3 nitrogen and oxygen atoms in total. The van der Waals surface area contributed by atoms with Gasteiger partial charge in [-0.25, -0.2) is 0 Å². The lowest BCUT2D eigenvalue weighted by molar-refractivity contribution is 0.169. The molecule has 3 rings (SSSR count). The van der Waals surface area contributed by atoms with E-state index in [1.54, 1.807) is 6.07 Å². The summed E-state index contributed by atoms with van der Waals surface area (Å²) in [5, 5.41) is 11.1. The summed E-state index contributed by atoms with van der Waals surface area (Å²) >= 11 is 8.25. The first-order valence-electron chi connectivity index (χ1n) is 6.18. The van der Waals surface area contributed by atoms with Crippen LogP contribution in [0.5, 0.6) is 11.5 Å². The van der Waals surface area contributed by atoms with E-state index in [9.17, 15) is 5.11 Å². The van der Waals surface area contributed by atoms with Crippen molar-refractivity contribution in [1.82, 2.24) is 0 Å². The maximum Gasteiger partial charge on any atom is 0.161 e. The molecule has 0 fully saturated rings. The Bertz CT molecular complexity index is 645. The van der Waals surface area contributed by atoms with E-state index in [0.717, 1.165) is 14.7 Å². The van der Waals surface area contributed by atoms with Gasteiger partial charge in [-0.1, -0.05) is 23.7 Å². The summed E-state index contributed by atoms with van der Waals surface area (Å²) in [6.07, 6.45) is -0.736. The van der Waals surface area contributed by atoms with Crippen LogP contribution in [0.4, 0.5) is 0 Å². The molecule has 1 N–H and O–H groups in total. The molecule has 1 aliphatic rings. The van der Waals surface area contributed by atoms with E-state index in [-0.39, 0.29) is 0 Å². The van der Waals surface area contributed by atoms with E-state index in [1.807, 2.05) is 30.3 Å². The summed E-state index contributed by atoms with van der Waals surface area (Å²) in [7, 11) is 0. The third kappa shape index (κ3) is 2.73. The second-order valence-electron chi connectivity index (χ2n) is 4.48. The third-order valence-electron chi connectivity index (χ3n) is 3.14. The summed E-state index contributed by atoms with van der Waals surface area (Å²) in [5.74, 6) is 1.39. The lowest BCUT2D eigenvalue weighted by Crippen LogP contribution is -2.15. The van der Waals surface area contributed by atoms with E-state index >= 15 is 0 Å². The van der Waals surface area contributed by atoms with Gasteiger partial charge in [0, 0.05) is 3.57 Å². The topological polar surface area (TPSA) is 38.7 Å². The second-order valence-corrected chi connectivity index (χ2v) is 6.05. The largest absolute Gasteiger partial charge is 0.486 e. The van der Waals surface area contributed by atoms with Crippen LogP contribution >= 0.6 is 34.2 Å². The zero-order valence-corrected chi connectivity index (χ0v) is 13.4. The zero-order valence-electron chi connectivity index (χ0n) is 10.5. The predicted molar refractivity (Wildman–Crippen MR) is 85.7 cm³/mol. The van der Waals surface area contributed by atoms with Crippen LogP contribution in [-0.2, 0) is 0 Å². The molecule has 0 radical (unpaired) electrons. The Hall–Kier alpha value is -0.980. The van der Waals surface area contributed by atoms with E-state index in [4.69, 9.17) is 21.1 Å². The molecule has 2 aromatic carbocycles. The van der Waals surface area contributed by atoms with Gasteiger partial charge in [-0.2, -0.15) is 0 Å². The Kier molecular flexibility index (Phi) is 4.05. The number of hydrogen-bond donors (Lipinski definition) is 1. The highest BCUT2D eigenvalue weighted by Crippen LogP contribution is 2.35. The number of ether oxygens (including phenoxy) is 2. The van der Waals surface area contributed by atoms with Gasteiger partial charge >= 0.3 is 0 Å². The molecule has 0 aliphatic carbocycles. The van der Waals surface area contributed by atoms with Gasteiger partial charge in [0.15, 0.2) is 11.5 Å². The zero-order chi connectivity index (χ0) is 14.1. The van der Waals surface area contributed by atoms with Crippen LogP contribution < -0.4 is 9.47 Å². The highest BCUT2D eigenvalue weighted by atomic mass is 127. The maximum atomic E-state index is 10.5. The fraction of sp³-hybridized carbons (Fsp3) is 0.200. The lowest BCUT2D eigenvalue weighted by atomic mass is 10.0. The Morgan fingerprint density at radius 3 is 2.40 bits per heavy atom. The fourth-order valence-electron chi connectivity index (χ4n) is 2.10. The van der Waals surface area contributed by atoms with Gasteiger partial charge in [0.2, 0.25) is 0 Å². The Morgan fingerprint density at radius 1 is 1.00 bits per heavy atom. The first kappa shape index (κ1) is 14.0. The van der Waals surface area contributed by atoms with Gasteiger partial charge in [0.05, 0.1) is 5.02 Å². The van der Waals surface area contributed by atoms with Crippen molar-refractivity contribution in [2.75, 3.05) is 13.2 Å². The van der Waals surface area contributed by atoms with Gasteiger partial charge in [0.25, 0.3) is 0 Å². The number of aliphatic hydroxyl groups excluding tert-OH is 1. The smallest absolute Gasteiger partial charge is 0.161 e. The number of rotatable bonds is 2. The third-order valence-corrected chi connectivity index (χ3v) is 4.71. The quantitative estimate of drug-likeness (QED) is 0.777. The molecule has 1 heterocycles. The summed E-state index contributed by atoms with van der Waals surface area (Å²) in [5.41, 5.74) is 1.51. The van der Waals surface area contributed by atoms with Gasteiger partial charge in [0.1, 0.15) is 19.3 Å². The highest BCUT2D eigenvalue weighted by molar-refractivity contribution is 14.1. The molecule has 1 unspecified atom stereocenters. The predicted octanol–water partition coefficient (Wildman–Crippen LogP) is 3.80. The molecule has 20 heavy (non-hydrogen) atoms. The van der Waals surface area contributed by atoms with Crippen molar-refractivity contribution in [3.63, 3.8) is 0 Å². The van der Waals surface area contributed by atoms with Crippen molar-refractivity contribution in [1.29, 1.82) is 0 Å². The normalized spacial score (nSPS) is 14.9. The number of benzene rings is 2. The SMILES string of the molecule is OC(c1ccc(I)c(Cl)c1)c1ccc2c(c1)OCCO2. The van der Waals surface area contributed by atoms with Crippen LogP contribution in [0.3, 0.4) is 0 Å². The molecule has 2 aromatic rings. The molecule has 0 spiro atoms. The monoisotopic (exact) mass is 402 g/mol. The minimum atomic E-state index is -0.736. The van der Waals surface area contributed by atoms with E-state index in [0.29, 0.717) is 29.7 Å². The van der Waals surface area contributed by atoms with Crippen LogP contribution in [-0.4, -0.2) is 18.3 Å². The summed E-state index contributed by atoms with van der Waals surface area (Å²) < 4.78 is 12.0. The number of hydrogen-bond acceptors (Lipinski definition) is 3. The molecule has 1 aliphatic heterocycles. The molecular weight excluding hydrogens is 391 g/mol. The van der Waals surface area contributed by atoms with E-state index < -0.39 is 6.10 Å². The van der Waals surface area contributed by atoms with Crippen molar-refractivity contribution in [2.45, 2.75) is 6.10 Å². The molecule has 104 valence electrons. The van der Waals surface area contributed by atoms with Crippen molar-refractivity contribution in [3.05, 3.63) is 56.1 Å². The average molecular weight is 403 g/mol. The van der Waals surface area contributed by atoms with Gasteiger partial charge < -0.3 is 14.6 Å². The van der Waals surface area contributed by atoms with Crippen LogP contribution in [0.15, 0.2) is 36.4 Å². The summed E-state index contributed by atoms with van der Waals surface area (Å²) in [6, 6.07) is 11.0. The molecule has 0 aromatic heterocycles. The summed E-state index contributed by atoms with van der Waals surface area (Å²) in [6.45, 7) is 1.09. The standard InChI is InChI=1S/C15H12ClIO3/c16-11-7-9(1-3-12(11)17)15(18)10-2-4-13-14(8-10)20-6-5-19-13/h1-4,7-8,15,18H,5-6H2. The van der Waals surface area contributed by atoms with Crippen molar-refractivity contribution in [3.8, 4) is 11.5 Å². The number of fused-ring (bicyclic) bond motifs is 1. The first-order valence-corrected chi connectivity index (χ1v) is 7.63. The maximum absolute atomic E-state index is 10.5. The lowest BCUT2D eigenvalue weighted by Gasteiger charge is -2.20. The van der Waals surface area contributed by atoms with E-state index in [1.165, 1.54) is 0 Å². The average Bonchev–Trinajstić information content (AvgIpc) is 2.49. The molecule has 0 saturated heterocycles. The van der Waals surface area contributed by atoms with Crippen molar-refractivity contribution < 1.29 is 14.6 Å². The first-order chi connectivity index (χ1) is 9.65. The fourth-order valence-corrected chi connectivity index (χ4v) is 2.63. The molecule has 5 heteroatoms. The molecule has 1 atom stereocenters. The van der Waals surface area contributed by atoms with Gasteiger partial charge in [-0.15, -0.1) is 0 Å². The molecule has 0 amide bonds. The molecular formula is C15H12ClIO3. The minimum Gasteiger partial charge on any atom is -0.486 e. The van der Waals surface area contributed by atoms with Gasteiger partial charge in [-0.05, 0) is 58.0 Å². The highest BCUT2D eigenvalue weighted by Gasteiger charge is 2.17. The van der Waals surface area contributed by atoms with Crippen LogP contribution in [0.2, 0.25) is 5.02 Å². The second kappa shape index (κ2) is 5.79. The number of aliphatic hydroxyl groups is 1. The Labute approximate surface area is 135 Å². The summed E-state index contributed by atoms with van der Waals surface area (Å²) in [4.78, 5) is 0. The van der Waals surface area contributed by atoms with E-state index in [2.05, 4.69) is 22.6 Å². The Morgan fingerprint density at radius 2 is 1.65 bits per heavy atom. The van der Waals surface area contributed by atoms with Crippen LogP contribution in [0.1, 0.15) is 17.2 Å². The molecule has 0 bridgehead atoms. The van der Waals surface area contributed by atoms with Crippen molar-refractivity contribution in [2.24, 2.45) is 0 Å².